The molecule has 1 aromatic carbocycles. The van der Waals surface area contributed by atoms with Gasteiger partial charge in [0.15, 0.2) is 5.54 Å². The van der Waals surface area contributed by atoms with E-state index < -0.39 is 21.5 Å². The molecule has 1 aliphatic heterocycles. The zero-order chi connectivity index (χ0) is 16.5. The third kappa shape index (κ3) is 2.94. The second kappa shape index (κ2) is 5.86. The fourth-order valence-corrected chi connectivity index (χ4v) is 4.33. The summed E-state index contributed by atoms with van der Waals surface area (Å²) in [6, 6.07) is 3.30. The molecule has 2 N–H and O–H groups in total. The largest absolute Gasteiger partial charge is 0.495 e. The van der Waals surface area contributed by atoms with Crippen molar-refractivity contribution in [2.45, 2.75) is 30.7 Å². The molecule has 1 fully saturated rings. The summed E-state index contributed by atoms with van der Waals surface area (Å²) in [6.45, 7) is 3.46. The molecule has 1 aromatic rings. The highest BCUT2D eigenvalue weighted by molar-refractivity contribution is 7.89. The molecular formula is C14H19NO6S. The highest BCUT2D eigenvalue weighted by Gasteiger charge is 2.46. The predicted molar refractivity (Wildman–Crippen MR) is 78.6 cm³/mol. The lowest BCUT2D eigenvalue weighted by molar-refractivity contribution is -0.144. The summed E-state index contributed by atoms with van der Waals surface area (Å²) in [5.74, 6) is -1.07. The highest BCUT2D eigenvalue weighted by atomic mass is 32.2. The summed E-state index contributed by atoms with van der Waals surface area (Å²) in [6.07, 6.45) is 0.0782. The maximum absolute atomic E-state index is 12.7. The Bertz CT molecular complexity index is 692. The third-order valence-corrected chi connectivity index (χ3v) is 5.35. The summed E-state index contributed by atoms with van der Waals surface area (Å²) in [5, 5.41) is 9.38. The number of nitrogens with one attached hydrogen (secondary N) is 1. The molecule has 0 bridgehead atoms. The second-order valence-electron chi connectivity index (χ2n) is 5.41. The number of carboxylic acids is 1. The molecule has 0 aromatic heterocycles. The Kier molecular flexibility index (Phi) is 4.46. The lowest BCUT2D eigenvalue weighted by Gasteiger charge is -2.24. The molecule has 0 radical (unpaired) electrons. The van der Waals surface area contributed by atoms with Crippen molar-refractivity contribution in [2.24, 2.45) is 0 Å². The van der Waals surface area contributed by atoms with E-state index in [1.807, 2.05) is 6.92 Å². The van der Waals surface area contributed by atoms with Gasteiger partial charge in [-0.05, 0) is 31.0 Å². The zero-order valence-electron chi connectivity index (χ0n) is 12.7. The van der Waals surface area contributed by atoms with Crippen molar-refractivity contribution in [3.8, 4) is 5.75 Å². The van der Waals surface area contributed by atoms with Crippen molar-refractivity contribution in [2.75, 3.05) is 20.3 Å². The minimum atomic E-state index is -4.07. The monoisotopic (exact) mass is 329 g/mol. The molecule has 2 rings (SSSR count). The molecular weight excluding hydrogens is 310 g/mol. The van der Waals surface area contributed by atoms with E-state index in [4.69, 9.17) is 9.47 Å². The normalized spacial score (nSPS) is 21.8. The molecule has 0 amide bonds. The lowest BCUT2D eigenvalue weighted by Crippen LogP contribution is -2.55. The van der Waals surface area contributed by atoms with Crippen LogP contribution in [0.1, 0.15) is 17.5 Å². The summed E-state index contributed by atoms with van der Waals surface area (Å²) >= 11 is 0. The van der Waals surface area contributed by atoms with Crippen LogP contribution in [0.5, 0.6) is 5.75 Å². The van der Waals surface area contributed by atoms with Gasteiger partial charge in [-0.3, -0.25) is 4.79 Å². The maximum Gasteiger partial charge on any atom is 0.327 e. The van der Waals surface area contributed by atoms with Crippen molar-refractivity contribution in [1.29, 1.82) is 0 Å². The number of methoxy groups -OCH3 is 1. The van der Waals surface area contributed by atoms with Crippen LogP contribution in [-0.2, 0) is 19.6 Å². The topological polar surface area (TPSA) is 102 Å². The fraction of sp³-hybridized carbons (Fsp3) is 0.500. The number of carboxylic acid groups (broad SMARTS) is 1. The molecule has 1 saturated heterocycles. The predicted octanol–water partition coefficient (Wildman–Crippen LogP) is 0.834. The van der Waals surface area contributed by atoms with Crippen molar-refractivity contribution in [1.82, 2.24) is 4.72 Å². The molecule has 122 valence electrons. The van der Waals surface area contributed by atoms with Gasteiger partial charge in [-0.25, -0.2) is 8.42 Å². The van der Waals surface area contributed by atoms with Crippen LogP contribution in [0.15, 0.2) is 17.0 Å². The molecule has 1 aliphatic rings. The average Bonchev–Trinajstić information content (AvgIpc) is 2.86. The summed E-state index contributed by atoms with van der Waals surface area (Å²) in [4.78, 5) is 11.4. The Hall–Kier alpha value is -1.64. The van der Waals surface area contributed by atoms with E-state index in [2.05, 4.69) is 4.72 Å². The van der Waals surface area contributed by atoms with E-state index in [0.29, 0.717) is 5.56 Å². The first-order chi connectivity index (χ1) is 10.2. The molecule has 0 spiro atoms. The number of hydrogen-bond donors (Lipinski definition) is 2. The van der Waals surface area contributed by atoms with Gasteiger partial charge in [-0.1, -0.05) is 6.07 Å². The van der Waals surface area contributed by atoms with Crippen molar-refractivity contribution in [3.05, 3.63) is 23.3 Å². The van der Waals surface area contributed by atoms with Crippen LogP contribution in [0.3, 0.4) is 0 Å². The molecule has 8 heteroatoms. The van der Waals surface area contributed by atoms with E-state index in [-0.39, 0.29) is 30.3 Å². The van der Waals surface area contributed by atoms with Gasteiger partial charge in [-0.15, -0.1) is 0 Å². The Morgan fingerprint density at radius 2 is 2.09 bits per heavy atom. The van der Waals surface area contributed by atoms with Crippen molar-refractivity contribution < 1.29 is 27.8 Å². The van der Waals surface area contributed by atoms with E-state index in [9.17, 15) is 18.3 Å². The summed E-state index contributed by atoms with van der Waals surface area (Å²) in [5.41, 5.74) is -0.296. The van der Waals surface area contributed by atoms with E-state index in [0.717, 1.165) is 5.56 Å². The van der Waals surface area contributed by atoms with Crippen LogP contribution < -0.4 is 9.46 Å². The number of ether oxygens (including phenoxy) is 2. The number of sulfonamides is 1. The number of benzene rings is 1. The highest BCUT2D eigenvalue weighted by Crippen LogP contribution is 2.31. The van der Waals surface area contributed by atoms with Gasteiger partial charge in [0.05, 0.1) is 13.7 Å². The number of aliphatic carboxylic acids is 1. The van der Waals surface area contributed by atoms with Gasteiger partial charge < -0.3 is 14.6 Å². The van der Waals surface area contributed by atoms with Gasteiger partial charge in [0.2, 0.25) is 10.0 Å². The van der Waals surface area contributed by atoms with Gasteiger partial charge in [0.25, 0.3) is 0 Å². The zero-order valence-corrected chi connectivity index (χ0v) is 13.5. The van der Waals surface area contributed by atoms with Crippen LogP contribution in [0, 0.1) is 13.8 Å². The minimum Gasteiger partial charge on any atom is -0.495 e. The van der Waals surface area contributed by atoms with Crippen LogP contribution >= 0.6 is 0 Å². The average molecular weight is 329 g/mol. The Morgan fingerprint density at radius 1 is 1.41 bits per heavy atom. The molecule has 0 aliphatic carbocycles. The Balaban J connectivity index is 2.50. The van der Waals surface area contributed by atoms with Crippen molar-refractivity contribution in [3.63, 3.8) is 0 Å². The van der Waals surface area contributed by atoms with Crippen LogP contribution in [0.2, 0.25) is 0 Å². The smallest absolute Gasteiger partial charge is 0.327 e. The number of hydrogen-bond acceptors (Lipinski definition) is 5. The van der Waals surface area contributed by atoms with Crippen LogP contribution in [-0.4, -0.2) is 45.4 Å². The van der Waals surface area contributed by atoms with Crippen LogP contribution in [0.4, 0.5) is 0 Å². The van der Waals surface area contributed by atoms with Gasteiger partial charge in [0, 0.05) is 13.0 Å². The molecule has 1 unspecified atom stereocenters. The second-order valence-corrected chi connectivity index (χ2v) is 7.03. The van der Waals surface area contributed by atoms with Gasteiger partial charge >= 0.3 is 5.97 Å². The first-order valence-corrected chi connectivity index (χ1v) is 8.20. The molecule has 22 heavy (non-hydrogen) atoms. The Morgan fingerprint density at radius 3 is 2.59 bits per heavy atom. The first kappa shape index (κ1) is 16.7. The molecule has 1 atom stereocenters. The van der Waals surface area contributed by atoms with E-state index in [1.54, 1.807) is 19.1 Å². The Labute approximate surface area is 129 Å². The third-order valence-electron chi connectivity index (χ3n) is 3.63. The lowest BCUT2D eigenvalue weighted by atomic mass is 10.0. The molecule has 7 nitrogen and oxygen atoms in total. The minimum absolute atomic E-state index is 0.0480. The SMILES string of the molecule is COc1cc(C)cc(C)c1S(=O)(=O)NC1(C(=O)O)CCOC1. The molecule has 0 saturated carbocycles. The standard InChI is InChI=1S/C14H19NO6S/c1-9-6-10(2)12(11(7-9)20-3)22(18,19)15-14(13(16)17)4-5-21-8-14/h6-7,15H,4-5,8H2,1-3H3,(H,16,17). The van der Waals surface area contributed by atoms with Gasteiger partial charge in [0.1, 0.15) is 10.6 Å². The van der Waals surface area contributed by atoms with Gasteiger partial charge in [-0.2, -0.15) is 4.72 Å². The van der Waals surface area contributed by atoms with E-state index in [1.165, 1.54) is 7.11 Å². The summed E-state index contributed by atoms with van der Waals surface area (Å²) in [7, 11) is -2.70. The first-order valence-electron chi connectivity index (χ1n) is 6.72. The van der Waals surface area contributed by atoms with E-state index >= 15 is 0 Å². The number of rotatable bonds is 5. The summed E-state index contributed by atoms with van der Waals surface area (Å²) < 4.78 is 37.9. The molecule has 1 heterocycles. The maximum atomic E-state index is 12.7. The quantitative estimate of drug-likeness (QED) is 0.830. The van der Waals surface area contributed by atoms with Crippen molar-refractivity contribution >= 4 is 16.0 Å². The number of carbonyl (C=O) groups is 1. The fourth-order valence-electron chi connectivity index (χ4n) is 2.58. The number of aryl methyl sites for hydroxylation is 2. The van der Waals surface area contributed by atoms with Crippen LogP contribution in [0.25, 0.3) is 0 Å².